The number of morpholine rings is 1. The average molecular weight is 477 g/mol. The Balaban J connectivity index is 1.61. The van der Waals surface area contributed by atoms with Crippen molar-refractivity contribution >= 4 is 22.9 Å². The van der Waals surface area contributed by atoms with Gasteiger partial charge in [0.2, 0.25) is 0 Å². The van der Waals surface area contributed by atoms with Gasteiger partial charge in [-0.3, -0.25) is 0 Å². The lowest BCUT2D eigenvalue weighted by molar-refractivity contribution is -0.108. The first-order chi connectivity index (χ1) is 17.1. The maximum Gasteiger partial charge on any atom is 0.159 e. The predicted molar refractivity (Wildman–Crippen MR) is 124 cm³/mol. The highest BCUT2D eigenvalue weighted by Crippen LogP contribution is 2.36. The summed E-state index contributed by atoms with van der Waals surface area (Å²) in [6.45, 7) is 2.81. The van der Waals surface area contributed by atoms with Crippen molar-refractivity contribution in [2.75, 3.05) is 38.3 Å². The van der Waals surface area contributed by atoms with Crippen LogP contribution in [0.5, 0.6) is 5.75 Å². The van der Waals surface area contributed by atoms with Crippen LogP contribution in [0.1, 0.15) is 17.2 Å². The van der Waals surface area contributed by atoms with Crippen LogP contribution >= 0.6 is 0 Å². The van der Waals surface area contributed by atoms with Gasteiger partial charge in [-0.25, -0.2) is 28.7 Å². The van der Waals surface area contributed by atoms with Crippen molar-refractivity contribution in [3.63, 3.8) is 0 Å². The molecule has 0 aliphatic carbocycles. The minimum Gasteiger partial charge on any atom is -0.493 e. The summed E-state index contributed by atoms with van der Waals surface area (Å²) in [5.74, 6) is -2.59. The van der Waals surface area contributed by atoms with Crippen molar-refractivity contribution in [1.29, 1.82) is 0 Å². The third-order valence-electron chi connectivity index (χ3n) is 6.03. The Kier molecular flexibility index (Phi) is 6.28. The van der Waals surface area contributed by atoms with Crippen LogP contribution in [0.25, 0.3) is 22.2 Å². The van der Waals surface area contributed by atoms with Gasteiger partial charge in [0.1, 0.15) is 36.3 Å². The number of methoxy groups -OCH3 is 1. The van der Waals surface area contributed by atoms with E-state index in [0.29, 0.717) is 36.1 Å². The number of ether oxygens (including phenoxy) is 2. The number of rotatable bonds is 6. The molecular weight excluding hydrogens is 456 g/mol. The molecule has 1 aliphatic heterocycles. The Morgan fingerprint density at radius 1 is 1.06 bits per heavy atom. The molecule has 1 atom stereocenters. The average Bonchev–Trinajstić information content (AvgIpc) is 2.90. The van der Waals surface area contributed by atoms with Crippen molar-refractivity contribution < 1.29 is 23.0 Å². The number of nitrogens with zero attached hydrogens (tertiary/aromatic N) is 5. The second-order valence-corrected chi connectivity index (χ2v) is 7.97. The number of aldehydes is 1. The van der Waals surface area contributed by atoms with Gasteiger partial charge in [0, 0.05) is 41.4 Å². The molecule has 3 heterocycles. The Labute approximate surface area is 199 Å². The molecule has 5 rings (SSSR count). The van der Waals surface area contributed by atoms with Crippen molar-refractivity contribution in [2.24, 2.45) is 0 Å². The van der Waals surface area contributed by atoms with Crippen molar-refractivity contribution in [2.45, 2.75) is 5.92 Å². The Morgan fingerprint density at radius 3 is 2.66 bits per heavy atom. The normalized spacial score (nSPS) is 14.7. The Morgan fingerprint density at radius 2 is 1.89 bits per heavy atom. The van der Waals surface area contributed by atoms with E-state index in [-0.39, 0.29) is 22.6 Å². The Bertz CT molecular complexity index is 1400. The number of aromatic nitrogens is 4. The molecule has 1 saturated heterocycles. The number of benzene rings is 2. The number of hydrogen-bond donors (Lipinski definition) is 0. The predicted octanol–water partition coefficient (Wildman–Crippen LogP) is 3.54. The van der Waals surface area contributed by atoms with Crippen LogP contribution in [-0.4, -0.2) is 59.6 Å². The topological polar surface area (TPSA) is 90.3 Å². The summed E-state index contributed by atoms with van der Waals surface area (Å²) in [5, 5.41) is 0.600. The second-order valence-electron chi connectivity index (χ2n) is 7.97. The molecule has 2 aromatic heterocycles. The van der Waals surface area contributed by atoms with Crippen LogP contribution in [0.3, 0.4) is 0 Å². The van der Waals surface area contributed by atoms with Gasteiger partial charge in [-0.2, -0.15) is 0 Å². The van der Waals surface area contributed by atoms with E-state index in [0.717, 1.165) is 24.8 Å². The number of carbonyl (C=O) groups excluding carboxylic acids is 1. The van der Waals surface area contributed by atoms with Crippen LogP contribution < -0.4 is 9.64 Å². The lowest BCUT2D eigenvalue weighted by Gasteiger charge is -2.29. The highest BCUT2D eigenvalue weighted by atomic mass is 19.1. The molecule has 4 aromatic rings. The Hall–Kier alpha value is -4.05. The van der Waals surface area contributed by atoms with Crippen LogP contribution in [0.4, 0.5) is 14.5 Å². The van der Waals surface area contributed by atoms with Gasteiger partial charge in [0.25, 0.3) is 0 Å². The van der Waals surface area contributed by atoms with Crippen LogP contribution in [0.2, 0.25) is 0 Å². The molecule has 8 nitrogen and oxygen atoms in total. The van der Waals surface area contributed by atoms with Gasteiger partial charge in [-0.1, -0.05) is 0 Å². The summed E-state index contributed by atoms with van der Waals surface area (Å²) in [6.07, 6.45) is 4.50. The molecule has 0 N–H and O–H groups in total. The number of anilines is 1. The first-order valence-electron chi connectivity index (χ1n) is 11.0. The molecule has 35 heavy (non-hydrogen) atoms. The summed E-state index contributed by atoms with van der Waals surface area (Å²) in [4.78, 5) is 30.9. The summed E-state index contributed by atoms with van der Waals surface area (Å²) < 4.78 is 40.7. The fourth-order valence-corrected chi connectivity index (χ4v) is 4.27. The van der Waals surface area contributed by atoms with E-state index in [2.05, 4.69) is 24.8 Å². The van der Waals surface area contributed by atoms with Gasteiger partial charge in [0.15, 0.2) is 5.75 Å². The minimum atomic E-state index is -1.13. The van der Waals surface area contributed by atoms with Crippen molar-refractivity contribution in [1.82, 2.24) is 19.9 Å². The minimum absolute atomic E-state index is 0.0489. The van der Waals surface area contributed by atoms with Gasteiger partial charge < -0.3 is 19.2 Å². The molecular formula is C25H21F2N5O3. The van der Waals surface area contributed by atoms with Gasteiger partial charge in [-0.05, 0) is 24.3 Å². The molecule has 1 unspecified atom stereocenters. The molecule has 0 spiro atoms. The molecule has 0 amide bonds. The molecule has 0 saturated carbocycles. The van der Waals surface area contributed by atoms with E-state index in [1.807, 2.05) is 18.2 Å². The number of carbonyl (C=O) groups is 1. The van der Waals surface area contributed by atoms with E-state index in [1.54, 1.807) is 0 Å². The maximum absolute atomic E-state index is 15.1. The van der Waals surface area contributed by atoms with Gasteiger partial charge >= 0.3 is 0 Å². The smallest absolute Gasteiger partial charge is 0.159 e. The highest BCUT2D eigenvalue weighted by Gasteiger charge is 2.26. The zero-order chi connectivity index (χ0) is 24.4. The van der Waals surface area contributed by atoms with Crippen LogP contribution in [-0.2, 0) is 9.53 Å². The standard InChI is InChI=1S/C25H21F2N5O3/c1-34-23-11-28-13-30-25(23)19(12-33)17-9-18(21(27)10-20(17)26)24-16-3-2-15(8-22(16)29-14-31-24)32-4-6-35-7-5-32/h2-3,8-14,19H,4-7H2,1H3. The van der Waals surface area contributed by atoms with Crippen molar-refractivity contribution in [3.05, 3.63) is 72.1 Å². The fraction of sp³-hybridized carbons (Fsp3) is 0.240. The van der Waals surface area contributed by atoms with E-state index >= 15 is 4.39 Å². The summed E-state index contributed by atoms with van der Waals surface area (Å²) in [5.41, 5.74) is 2.06. The molecule has 0 bridgehead atoms. The van der Waals surface area contributed by atoms with E-state index in [4.69, 9.17) is 9.47 Å². The van der Waals surface area contributed by atoms with Crippen LogP contribution in [0, 0.1) is 11.6 Å². The SMILES string of the molecule is COc1cncnc1C(C=O)c1cc(-c2ncnc3cc(N4CCOCC4)ccc23)c(F)cc1F. The highest BCUT2D eigenvalue weighted by molar-refractivity contribution is 5.94. The molecule has 10 heteroatoms. The molecule has 0 radical (unpaired) electrons. The second kappa shape index (κ2) is 9.67. The first-order valence-corrected chi connectivity index (χ1v) is 11.0. The zero-order valence-electron chi connectivity index (χ0n) is 18.8. The van der Waals surface area contributed by atoms with E-state index in [9.17, 15) is 9.18 Å². The third-order valence-corrected chi connectivity index (χ3v) is 6.03. The summed E-state index contributed by atoms with van der Waals surface area (Å²) in [7, 11) is 1.40. The third kappa shape index (κ3) is 4.28. The van der Waals surface area contributed by atoms with Gasteiger partial charge in [-0.15, -0.1) is 0 Å². The zero-order valence-corrected chi connectivity index (χ0v) is 18.8. The van der Waals surface area contributed by atoms with Gasteiger partial charge in [0.05, 0.1) is 43.6 Å². The van der Waals surface area contributed by atoms with E-state index < -0.39 is 17.6 Å². The molecule has 2 aromatic carbocycles. The lowest BCUT2D eigenvalue weighted by atomic mass is 9.92. The largest absolute Gasteiger partial charge is 0.493 e. The lowest BCUT2D eigenvalue weighted by Crippen LogP contribution is -2.36. The molecule has 178 valence electrons. The molecule has 1 fully saturated rings. The number of hydrogen-bond acceptors (Lipinski definition) is 8. The number of halogens is 2. The fourth-order valence-electron chi connectivity index (χ4n) is 4.27. The first kappa shape index (κ1) is 22.7. The summed E-state index contributed by atoms with van der Waals surface area (Å²) >= 11 is 0. The van der Waals surface area contributed by atoms with E-state index in [1.165, 1.54) is 32.0 Å². The maximum atomic E-state index is 15.1. The van der Waals surface area contributed by atoms with Crippen LogP contribution in [0.15, 0.2) is 49.2 Å². The summed E-state index contributed by atoms with van der Waals surface area (Å²) in [6, 6.07) is 7.70. The number of fused-ring (bicyclic) bond motifs is 1. The monoisotopic (exact) mass is 477 g/mol. The molecule has 1 aliphatic rings. The van der Waals surface area contributed by atoms with Crippen molar-refractivity contribution in [3.8, 4) is 17.0 Å². The quantitative estimate of drug-likeness (QED) is 0.390.